The van der Waals surface area contributed by atoms with Gasteiger partial charge in [-0.15, -0.1) is 11.3 Å². The summed E-state index contributed by atoms with van der Waals surface area (Å²) in [4.78, 5) is 13.5. The Morgan fingerprint density at radius 1 is 1.00 bits per heavy atom. The van der Waals surface area contributed by atoms with E-state index < -0.39 is 17.5 Å². The molecular weight excluding hydrogens is 376 g/mol. The second-order valence-electron chi connectivity index (χ2n) is 6.65. The van der Waals surface area contributed by atoms with Crippen molar-refractivity contribution in [3.05, 3.63) is 99.9 Å². The molecule has 0 saturated carbocycles. The fourth-order valence-electron chi connectivity index (χ4n) is 3.14. The second-order valence-corrected chi connectivity index (χ2v) is 7.70. The number of nitrogens with one attached hydrogen (secondary N) is 1. The molecule has 1 N–H and O–H groups in total. The lowest BCUT2D eigenvalue weighted by molar-refractivity contribution is 0.102. The quantitative estimate of drug-likeness (QED) is 0.431. The Labute approximate surface area is 165 Å². The van der Waals surface area contributed by atoms with Crippen molar-refractivity contribution in [1.82, 2.24) is 0 Å². The normalized spacial score (nSPS) is 11.0. The first-order chi connectivity index (χ1) is 13.5. The number of aryl methyl sites for hydroxylation is 1. The van der Waals surface area contributed by atoms with E-state index in [9.17, 15) is 13.6 Å². The van der Waals surface area contributed by atoms with Gasteiger partial charge in [0.1, 0.15) is 11.6 Å². The van der Waals surface area contributed by atoms with E-state index in [1.807, 2.05) is 55.5 Å². The Kier molecular flexibility index (Phi) is 4.92. The van der Waals surface area contributed by atoms with Crippen molar-refractivity contribution < 1.29 is 13.6 Å². The van der Waals surface area contributed by atoms with Gasteiger partial charge >= 0.3 is 0 Å². The molecule has 0 atom stereocenters. The van der Waals surface area contributed by atoms with Gasteiger partial charge in [0.15, 0.2) is 0 Å². The first-order valence-electron chi connectivity index (χ1n) is 8.83. The third-order valence-electron chi connectivity index (χ3n) is 4.59. The third-order valence-corrected chi connectivity index (χ3v) is 5.80. The molecule has 0 radical (unpaired) electrons. The number of hydrogen-bond acceptors (Lipinski definition) is 2. The topological polar surface area (TPSA) is 29.1 Å². The van der Waals surface area contributed by atoms with Crippen LogP contribution in [0.25, 0.3) is 10.1 Å². The zero-order valence-corrected chi connectivity index (χ0v) is 15.9. The molecule has 0 bridgehead atoms. The number of hydrogen-bond donors (Lipinski definition) is 1. The first kappa shape index (κ1) is 18.3. The molecule has 0 spiro atoms. The van der Waals surface area contributed by atoms with Gasteiger partial charge in [0.2, 0.25) is 0 Å². The molecule has 4 aromatic rings. The van der Waals surface area contributed by atoms with Crippen LogP contribution in [0.5, 0.6) is 0 Å². The van der Waals surface area contributed by atoms with Crippen LogP contribution < -0.4 is 5.32 Å². The number of rotatable bonds is 4. The molecule has 3 aromatic carbocycles. The van der Waals surface area contributed by atoms with Gasteiger partial charge in [0.05, 0.1) is 10.6 Å². The molecule has 0 fully saturated rings. The summed E-state index contributed by atoms with van der Waals surface area (Å²) in [5, 5.41) is 3.59. The molecular formula is C23H17F2NOS. The predicted octanol–water partition coefficient (Wildman–Crippen LogP) is 6.33. The maximum absolute atomic E-state index is 14.0. The summed E-state index contributed by atoms with van der Waals surface area (Å²) in [6.45, 7) is 2.03. The maximum Gasteiger partial charge on any atom is 0.266 e. The van der Waals surface area contributed by atoms with Gasteiger partial charge in [-0.3, -0.25) is 4.79 Å². The van der Waals surface area contributed by atoms with E-state index >= 15 is 0 Å². The van der Waals surface area contributed by atoms with Crippen molar-refractivity contribution in [2.24, 2.45) is 0 Å². The number of benzene rings is 3. The Hall–Kier alpha value is -3.05. The van der Waals surface area contributed by atoms with Crippen LogP contribution in [-0.2, 0) is 6.42 Å². The average Bonchev–Trinajstić information content (AvgIpc) is 3.04. The number of halogens is 2. The number of amides is 1. The van der Waals surface area contributed by atoms with Gasteiger partial charge in [0.25, 0.3) is 5.91 Å². The molecule has 4 rings (SSSR count). The van der Waals surface area contributed by atoms with Gasteiger partial charge in [-0.1, -0.05) is 48.0 Å². The molecule has 2 nitrogen and oxygen atoms in total. The fourth-order valence-corrected chi connectivity index (χ4v) is 4.25. The number of fused-ring (bicyclic) bond motifs is 1. The van der Waals surface area contributed by atoms with Crippen LogP contribution in [0.2, 0.25) is 0 Å². The molecule has 0 aliphatic heterocycles. The number of anilines is 1. The third kappa shape index (κ3) is 3.66. The summed E-state index contributed by atoms with van der Waals surface area (Å²) in [7, 11) is 0. The van der Waals surface area contributed by atoms with E-state index in [2.05, 4.69) is 5.32 Å². The van der Waals surface area contributed by atoms with Crippen molar-refractivity contribution in [2.45, 2.75) is 13.3 Å². The van der Waals surface area contributed by atoms with Crippen LogP contribution in [0.3, 0.4) is 0 Å². The number of thiophene rings is 1. The largest absolute Gasteiger partial charge is 0.319 e. The molecule has 0 saturated heterocycles. The summed E-state index contributed by atoms with van der Waals surface area (Å²) < 4.78 is 28.1. The molecule has 0 aliphatic rings. The van der Waals surface area contributed by atoms with Gasteiger partial charge in [0, 0.05) is 10.8 Å². The van der Waals surface area contributed by atoms with E-state index in [1.54, 1.807) is 0 Å². The predicted molar refractivity (Wildman–Crippen MR) is 110 cm³/mol. The maximum atomic E-state index is 14.0. The van der Waals surface area contributed by atoms with Crippen molar-refractivity contribution in [3.8, 4) is 0 Å². The van der Waals surface area contributed by atoms with Gasteiger partial charge in [-0.2, -0.15) is 0 Å². The van der Waals surface area contributed by atoms with Crippen LogP contribution in [0.1, 0.15) is 26.4 Å². The SMILES string of the molecule is Cc1ccc(Cc2c(C(=O)Nc3ccc(F)cc3F)sc3ccccc23)cc1. The molecule has 5 heteroatoms. The minimum atomic E-state index is -0.797. The molecule has 28 heavy (non-hydrogen) atoms. The lowest BCUT2D eigenvalue weighted by Crippen LogP contribution is -2.13. The Balaban J connectivity index is 1.73. The number of carbonyl (C=O) groups excluding carboxylic acids is 1. The molecule has 0 unspecified atom stereocenters. The van der Waals surface area contributed by atoms with Crippen molar-refractivity contribution in [1.29, 1.82) is 0 Å². The van der Waals surface area contributed by atoms with E-state index in [4.69, 9.17) is 0 Å². The fraction of sp³-hybridized carbons (Fsp3) is 0.0870. The Morgan fingerprint density at radius 3 is 2.50 bits per heavy atom. The first-order valence-corrected chi connectivity index (χ1v) is 9.65. The highest BCUT2D eigenvalue weighted by Crippen LogP contribution is 2.33. The van der Waals surface area contributed by atoms with Gasteiger partial charge in [-0.25, -0.2) is 8.78 Å². The zero-order valence-electron chi connectivity index (χ0n) is 15.1. The van der Waals surface area contributed by atoms with Gasteiger partial charge in [-0.05, 0) is 48.1 Å². The smallest absolute Gasteiger partial charge is 0.266 e. The minimum absolute atomic E-state index is 0.0369. The van der Waals surface area contributed by atoms with Crippen LogP contribution in [0.15, 0.2) is 66.7 Å². The Bertz CT molecular complexity index is 1170. The molecule has 1 aromatic heterocycles. The summed E-state index contributed by atoms with van der Waals surface area (Å²) >= 11 is 1.37. The summed E-state index contributed by atoms with van der Waals surface area (Å²) in [5.74, 6) is -1.87. The van der Waals surface area contributed by atoms with Crippen LogP contribution in [-0.4, -0.2) is 5.91 Å². The highest BCUT2D eigenvalue weighted by atomic mass is 32.1. The molecule has 1 amide bonds. The highest BCUT2D eigenvalue weighted by Gasteiger charge is 2.20. The van der Waals surface area contributed by atoms with E-state index in [1.165, 1.54) is 23.0 Å². The van der Waals surface area contributed by atoms with Crippen LogP contribution in [0, 0.1) is 18.6 Å². The minimum Gasteiger partial charge on any atom is -0.319 e. The Morgan fingerprint density at radius 2 is 1.75 bits per heavy atom. The van der Waals surface area contributed by atoms with Crippen LogP contribution in [0.4, 0.5) is 14.5 Å². The lowest BCUT2D eigenvalue weighted by Gasteiger charge is -2.08. The van der Waals surface area contributed by atoms with Gasteiger partial charge < -0.3 is 5.32 Å². The van der Waals surface area contributed by atoms with E-state index in [0.717, 1.165) is 33.3 Å². The molecule has 0 aliphatic carbocycles. The lowest BCUT2D eigenvalue weighted by atomic mass is 10.0. The number of carbonyl (C=O) groups is 1. The molecule has 1 heterocycles. The second kappa shape index (κ2) is 7.52. The van der Waals surface area contributed by atoms with E-state index in [-0.39, 0.29) is 5.69 Å². The summed E-state index contributed by atoms with van der Waals surface area (Å²) in [5.41, 5.74) is 3.13. The standard InChI is InChI=1S/C23H17F2NOS/c1-14-6-8-15(9-7-14)12-18-17-4-2-3-5-21(17)28-22(18)23(27)26-20-11-10-16(24)13-19(20)25/h2-11,13H,12H2,1H3,(H,26,27). The van der Waals surface area contributed by atoms with Crippen molar-refractivity contribution >= 4 is 33.0 Å². The monoisotopic (exact) mass is 393 g/mol. The van der Waals surface area contributed by atoms with Crippen LogP contribution >= 0.6 is 11.3 Å². The van der Waals surface area contributed by atoms with E-state index in [0.29, 0.717) is 11.3 Å². The zero-order chi connectivity index (χ0) is 19.7. The highest BCUT2D eigenvalue weighted by molar-refractivity contribution is 7.21. The van der Waals surface area contributed by atoms with Crippen molar-refractivity contribution in [3.63, 3.8) is 0 Å². The summed E-state index contributed by atoms with van der Waals surface area (Å²) in [6.07, 6.45) is 0.596. The summed E-state index contributed by atoms with van der Waals surface area (Å²) in [6, 6.07) is 19.1. The average molecular weight is 393 g/mol. The molecule has 140 valence electrons. The van der Waals surface area contributed by atoms with Crippen molar-refractivity contribution in [2.75, 3.05) is 5.32 Å².